The van der Waals surface area contributed by atoms with E-state index in [-0.39, 0.29) is 0 Å². The van der Waals surface area contributed by atoms with E-state index in [1.807, 2.05) is 30.5 Å². The van der Waals surface area contributed by atoms with E-state index < -0.39 is 0 Å². The van der Waals surface area contributed by atoms with Crippen LogP contribution in [0.4, 0.5) is 11.5 Å². The quantitative estimate of drug-likeness (QED) is 0.851. The summed E-state index contributed by atoms with van der Waals surface area (Å²) in [6.45, 7) is 2.95. The fourth-order valence-electron chi connectivity index (χ4n) is 2.32. The van der Waals surface area contributed by atoms with Crippen molar-refractivity contribution in [3.05, 3.63) is 53.7 Å². The molecule has 1 fully saturated rings. The molecule has 1 aliphatic carbocycles. The predicted octanol–water partition coefficient (Wildman–Crippen LogP) is 3.14. The van der Waals surface area contributed by atoms with Gasteiger partial charge in [0, 0.05) is 24.5 Å². The predicted molar refractivity (Wildman–Crippen MR) is 79.0 cm³/mol. The van der Waals surface area contributed by atoms with E-state index in [1.54, 1.807) is 0 Å². The second-order valence-corrected chi connectivity index (χ2v) is 5.25. The first-order valence-corrected chi connectivity index (χ1v) is 6.77. The molecule has 2 aromatic rings. The topological polar surface area (TPSA) is 42.2 Å². The summed E-state index contributed by atoms with van der Waals surface area (Å²) in [5, 5.41) is 0. The SMILES string of the molecule is Cc1ccnc(N(Cc2ccccc2N)C2CC2)c1. The van der Waals surface area contributed by atoms with Crippen LogP contribution in [0.15, 0.2) is 42.6 Å². The van der Waals surface area contributed by atoms with Gasteiger partial charge in [0.2, 0.25) is 0 Å². The number of aryl methyl sites for hydroxylation is 1. The largest absolute Gasteiger partial charge is 0.398 e. The first-order chi connectivity index (χ1) is 9.24. The maximum absolute atomic E-state index is 6.05. The van der Waals surface area contributed by atoms with Crippen LogP contribution < -0.4 is 10.6 Å². The Morgan fingerprint density at radius 2 is 2.05 bits per heavy atom. The molecule has 98 valence electrons. The molecule has 0 saturated heterocycles. The van der Waals surface area contributed by atoms with Gasteiger partial charge in [-0.25, -0.2) is 4.98 Å². The summed E-state index contributed by atoms with van der Waals surface area (Å²) in [6.07, 6.45) is 4.39. The highest BCUT2D eigenvalue weighted by Gasteiger charge is 2.30. The Bertz CT molecular complexity index is 576. The normalized spacial score (nSPS) is 14.4. The molecular weight excluding hydrogens is 234 g/mol. The molecule has 0 spiro atoms. The van der Waals surface area contributed by atoms with Crippen LogP contribution in [0.5, 0.6) is 0 Å². The van der Waals surface area contributed by atoms with Gasteiger partial charge in [0.05, 0.1) is 0 Å². The number of pyridine rings is 1. The molecule has 0 bridgehead atoms. The van der Waals surface area contributed by atoms with Crippen molar-refractivity contribution >= 4 is 11.5 Å². The monoisotopic (exact) mass is 253 g/mol. The molecule has 0 atom stereocenters. The molecule has 3 rings (SSSR count). The maximum Gasteiger partial charge on any atom is 0.129 e. The van der Waals surface area contributed by atoms with Crippen LogP contribution >= 0.6 is 0 Å². The zero-order chi connectivity index (χ0) is 13.2. The number of rotatable bonds is 4. The molecule has 2 N–H and O–H groups in total. The van der Waals surface area contributed by atoms with E-state index in [2.05, 4.69) is 28.9 Å². The highest BCUT2D eigenvalue weighted by Crippen LogP contribution is 2.33. The summed E-state index contributed by atoms with van der Waals surface area (Å²) in [5.41, 5.74) is 9.34. The molecule has 3 nitrogen and oxygen atoms in total. The summed E-state index contributed by atoms with van der Waals surface area (Å²) in [6, 6.07) is 12.9. The Morgan fingerprint density at radius 1 is 1.26 bits per heavy atom. The van der Waals surface area contributed by atoms with Crippen LogP contribution in [0.2, 0.25) is 0 Å². The van der Waals surface area contributed by atoms with Crippen molar-refractivity contribution in [3.63, 3.8) is 0 Å². The van der Waals surface area contributed by atoms with Crippen LogP contribution in [0.1, 0.15) is 24.0 Å². The average molecular weight is 253 g/mol. The third-order valence-corrected chi connectivity index (χ3v) is 3.58. The number of hydrogen-bond donors (Lipinski definition) is 1. The number of anilines is 2. The number of hydrogen-bond acceptors (Lipinski definition) is 3. The summed E-state index contributed by atoms with van der Waals surface area (Å²) in [7, 11) is 0. The minimum atomic E-state index is 0.619. The Balaban J connectivity index is 1.88. The molecular formula is C16H19N3. The zero-order valence-corrected chi connectivity index (χ0v) is 11.2. The van der Waals surface area contributed by atoms with Crippen LogP contribution in [0.3, 0.4) is 0 Å². The van der Waals surface area contributed by atoms with Gasteiger partial charge in [0.25, 0.3) is 0 Å². The summed E-state index contributed by atoms with van der Waals surface area (Å²) < 4.78 is 0. The second kappa shape index (κ2) is 4.92. The Kier molecular flexibility index (Phi) is 3.11. The van der Waals surface area contributed by atoms with Gasteiger partial charge in [-0.3, -0.25) is 0 Å². The maximum atomic E-state index is 6.05. The number of para-hydroxylation sites is 1. The van der Waals surface area contributed by atoms with E-state index in [4.69, 9.17) is 5.73 Å². The lowest BCUT2D eigenvalue weighted by Crippen LogP contribution is -2.26. The number of benzene rings is 1. The van der Waals surface area contributed by atoms with Crippen molar-refractivity contribution in [1.82, 2.24) is 4.98 Å². The fourth-order valence-corrected chi connectivity index (χ4v) is 2.32. The highest BCUT2D eigenvalue weighted by atomic mass is 15.2. The molecule has 1 saturated carbocycles. The highest BCUT2D eigenvalue weighted by molar-refractivity contribution is 5.51. The van der Waals surface area contributed by atoms with Gasteiger partial charge in [0.15, 0.2) is 0 Å². The van der Waals surface area contributed by atoms with Crippen molar-refractivity contribution < 1.29 is 0 Å². The van der Waals surface area contributed by atoms with Gasteiger partial charge in [-0.05, 0) is 49.1 Å². The van der Waals surface area contributed by atoms with Crippen molar-refractivity contribution in [3.8, 4) is 0 Å². The smallest absolute Gasteiger partial charge is 0.129 e. The number of nitrogens with two attached hydrogens (primary N) is 1. The van der Waals surface area contributed by atoms with Crippen LogP contribution in [-0.2, 0) is 6.54 Å². The molecule has 0 unspecified atom stereocenters. The van der Waals surface area contributed by atoms with Gasteiger partial charge in [0.1, 0.15) is 5.82 Å². The lowest BCUT2D eigenvalue weighted by Gasteiger charge is -2.24. The van der Waals surface area contributed by atoms with E-state index in [1.165, 1.54) is 24.0 Å². The molecule has 1 heterocycles. The zero-order valence-electron chi connectivity index (χ0n) is 11.2. The van der Waals surface area contributed by atoms with Crippen LogP contribution in [0.25, 0.3) is 0 Å². The number of nitrogens with zero attached hydrogens (tertiary/aromatic N) is 2. The molecule has 0 radical (unpaired) electrons. The lowest BCUT2D eigenvalue weighted by atomic mass is 10.1. The Hall–Kier alpha value is -2.03. The summed E-state index contributed by atoms with van der Waals surface area (Å²) in [4.78, 5) is 6.89. The van der Waals surface area contributed by atoms with E-state index in [0.29, 0.717) is 6.04 Å². The summed E-state index contributed by atoms with van der Waals surface area (Å²) in [5.74, 6) is 1.06. The number of aromatic nitrogens is 1. The first-order valence-electron chi connectivity index (χ1n) is 6.77. The Morgan fingerprint density at radius 3 is 2.74 bits per heavy atom. The van der Waals surface area contributed by atoms with Crippen molar-refractivity contribution in [1.29, 1.82) is 0 Å². The van der Waals surface area contributed by atoms with E-state index in [0.717, 1.165) is 18.1 Å². The van der Waals surface area contributed by atoms with Gasteiger partial charge >= 0.3 is 0 Å². The first kappa shape index (κ1) is 12.0. The van der Waals surface area contributed by atoms with Crippen molar-refractivity contribution in [2.75, 3.05) is 10.6 Å². The molecule has 0 aliphatic heterocycles. The van der Waals surface area contributed by atoms with Crippen LogP contribution in [-0.4, -0.2) is 11.0 Å². The minimum absolute atomic E-state index is 0.619. The minimum Gasteiger partial charge on any atom is -0.398 e. The van der Waals surface area contributed by atoms with Gasteiger partial charge in [-0.15, -0.1) is 0 Å². The number of nitrogen functional groups attached to an aromatic ring is 1. The molecule has 19 heavy (non-hydrogen) atoms. The summed E-state index contributed by atoms with van der Waals surface area (Å²) >= 11 is 0. The average Bonchev–Trinajstić information content (AvgIpc) is 3.22. The molecule has 3 heteroatoms. The Labute approximate surface area is 114 Å². The lowest BCUT2D eigenvalue weighted by molar-refractivity contribution is 0.779. The third kappa shape index (κ3) is 2.70. The van der Waals surface area contributed by atoms with Gasteiger partial charge in [-0.1, -0.05) is 18.2 Å². The molecule has 0 amide bonds. The van der Waals surface area contributed by atoms with Gasteiger partial charge < -0.3 is 10.6 Å². The van der Waals surface area contributed by atoms with Crippen molar-refractivity contribution in [2.24, 2.45) is 0 Å². The molecule has 1 aromatic carbocycles. The van der Waals surface area contributed by atoms with E-state index >= 15 is 0 Å². The third-order valence-electron chi connectivity index (χ3n) is 3.58. The standard InChI is InChI=1S/C16H19N3/c1-12-8-9-18-16(10-12)19(14-6-7-14)11-13-4-2-3-5-15(13)17/h2-5,8-10,14H,6-7,11,17H2,1H3. The van der Waals surface area contributed by atoms with Crippen LogP contribution in [0, 0.1) is 6.92 Å². The molecule has 1 aliphatic rings. The van der Waals surface area contributed by atoms with Gasteiger partial charge in [-0.2, -0.15) is 0 Å². The van der Waals surface area contributed by atoms with E-state index in [9.17, 15) is 0 Å². The van der Waals surface area contributed by atoms with Crippen molar-refractivity contribution in [2.45, 2.75) is 32.4 Å². The fraction of sp³-hybridized carbons (Fsp3) is 0.312. The second-order valence-electron chi connectivity index (χ2n) is 5.25. The molecule has 1 aromatic heterocycles.